The number of nitrogens with two attached hydrogens (primary N) is 1. The molecule has 0 atom stereocenters. The van der Waals surface area contributed by atoms with Crippen LogP contribution in [0.5, 0.6) is 0 Å². The van der Waals surface area contributed by atoms with Crippen molar-refractivity contribution in [2.24, 2.45) is 0 Å². The van der Waals surface area contributed by atoms with E-state index in [1.807, 2.05) is 6.07 Å². The molecule has 5 heteroatoms. The van der Waals surface area contributed by atoms with Gasteiger partial charge in [0, 0.05) is 23.3 Å². The number of benzene rings is 1. The first-order valence-electron chi connectivity index (χ1n) is 7.61. The second-order valence-electron chi connectivity index (χ2n) is 5.47. The summed E-state index contributed by atoms with van der Waals surface area (Å²) in [6.07, 6.45) is 7.53. The molecule has 0 bridgehead atoms. The third kappa shape index (κ3) is 5.32. The Kier molecular flexibility index (Phi) is 6.51. The lowest BCUT2D eigenvalue weighted by molar-refractivity contribution is 0.0273. The molecule has 0 radical (unpaired) electrons. The zero-order valence-corrected chi connectivity index (χ0v) is 13.8. The number of hydrogen-bond acceptors (Lipinski definition) is 3. The number of ether oxygens (including phenoxy) is 1. The van der Waals surface area contributed by atoms with E-state index in [0.717, 1.165) is 10.9 Å². The highest BCUT2D eigenvalue weighted by atomic mass is 79.9. The number of rotatable bonds is 6. The summed E-state index contributed by atoms with van der Waals surface area (Å²) in [5.41, 5.74) is 6.84. The molecule has 1 saturated carbocycles. The third-order valence-electron chi connectivity index (χ3n) is 3.77. The van der Waals surface area contributed by atoms with Gasteiger partial charge < -0.3 is 15.8 Å². The monoisotopic (exact) mass is 354 g/mol. The number of halogens is 1. The highest BCUT2D eigenvalue weighted by Crippen LogP contribution is 2.20. The van der Waals surface area contributed by atoms with Crippen molar-refractivity contribution < 1.29 is 9.53 Å². The maximum Gasteiger partial charge on any atom is 0.253 e. The van der Waals surface area contributed by atoms with Crippen molar-refractivity contribution in [3.63, 3.8) is 0 Å². The number of carbonyl (C=O) groups is 1. The van der Waals surface area contributed by atoms with Crippen molar-refractivity contribution in [1.82, 2.24) is 5.32 Å². The normalized spacial score (nSPS) is 15.9. The van der Waals surface area contributed by atoms with Crippen molar-refractivity contribution in [3.8, 4) is 0 Å². The van der Waals surface area contributed by atoms with E-state index < -0.39 is 0 Å². The maximum atomic E-state index is 12.0. The van der Waals surface area contributed by atoms with Crippen LogP contribution in [0.2, 0.25) is 0 Å². The van der Waals surface area contributed by atoms with Crippen molar-refractivity contribution in [2.45, 2.75) is 44.6 Å². The molecule has 2 rings (SSSR count). The first-order chi connectivity index (χ1) is 10.2. The summed E-state index contributed by atoms with van der Waals surface area (Å²) in [6, 6.07) is 5.28. The minimum Gasteiger partial charge on any atom is -0.398 e. The van der Waals surface area contributed by atoms with Crippen molar-refractivity contribution in [2.75, 3.05) is 18.9 Å². The van der Waals surface area contributed by atoms with Gasteiger partial charge in [0.1, 0.15) is 0 Å². The van der Waals surface area contributed by atoms with Gasteiger partial charge in [-0.05, 0) is 37.5 Å². The molecular weight excluding hydrogens is 332 g/mol. The van der Waals surface area contributed by atoms with Crippen LogP contribution in [0.4, 0.5) is 5.69 Å². The fourth-order valence-electron chi connectivity index (χ4n) is 2.59. The van der Waals surface area contributed by atoms with Gasteiger partial charge in [-0.3, -0.25) is 4.79 Å². The summed E-state index contributed by atoms with van der Waals surface area (Å²) in [7, 11) is 0. The summed E-state index contributed by atoms with van der Waals surface area (Å²) in [4.78, 5) is 12.0. The Balaban J connectivity index is 1.64. The Morgan fingerprint density at radius 3 is 2.81 bits per heavy atom. The Morgan fingerprint density at radius 2 is 2.10 bits per heavy atom. The third-order valence-corrected chi connectivity index (χ3v) is 4.26. The summed E-state index contributed by atoms with van der Waals surface area (Å²) in [5.74, 6) is -0.127. The Morgan fingerprint density at radius 1 is 1.33 bits per heavy atom. The molecule has 0 aromatic heterocycles. The molecule has 1 aliphatic carbocycles. The number of nitrogens with one attached hydrogen (secondary N) is 1. The smallest absolute Gasteiger partial charge is 0.253 e. The van der Waals surface area contributed by atoms with Crippen molar-refractivity contribution >= 4 is 27.5 Å². The molecule has 116 valence electrons. The van der Waals surface area contributed by atoms with Crippen LogP contribution < -0.4 is 11.1 Å². The van der Waals surface area contributed by atoms with Gasteiger partial charge in [-0.2, -0.15) is 0 Å². The van der Waals surface area contributed by atoms with Gasteiger partial charge in [0.05, 0.1) is 11.7 Å². The van der Waals surface area contributed by atoms with Crippen molar-refractivity contribution in [3.05, 3.63) is 28.2 Å². The van der Waals surface area contributed by atoms with Crippen LogP contribution in [0.15, 0.2) is 22.7 Å². The molecule has 3 N–H and O–H groups in total. The molecule has 0 saturated heterocycles. The molecule has 0 spiro atoms. The molecule has 1 aliphatic rings. The lowest BCUT2D eigenvalue weighted by Crippen LogP contribution is -2.27. The predicted octanol–water partition coefficient (Wildman–Crippen LogP) is 3.50. The van der Waals surface area contributed by atoms with E-state index in [2.05, 4.69) is 21.2 Å². The first-order valence-corrected chi connectivity index (χ1v) is 8.41. The van der Waals surface area contributed by atoms with E-state index in [0.29, 0.717) is 30.5 Å². The maximum absolute atomic E-state index is 12.0. The van der Waals surface area contributed by atoms with Crippen LogP contribution in [0.1, 0.15) is 48.9 Å². The molecule has 1 amide bonds. The largest absolute Gasteiger partial charge is 0.398 e. The van der Waals surface area contributed by atoms with Gasteiger partial charge in [-0.25, -0.2) is 0 Å². The van der Waals surface area contributed by atoms with Crippen LogP contribution in [0, 0.1) is 0 Å². The highest BCUT2D eigenvalue weighted by molar-refractivity contribution is 9.10. The van der Waals surface area contributed by atoms with Crippen LogP contribution in [0.3, 0.4) is 0 Å². The van der Waals surface area contributed by atoms with Crippen LogP contribution in [-0.2, 0) is 4.74 Å². The number of nitrogen functional groups attached to an aromatic ring is 1. The standard InChI is InChI=1S/C16H23BrN2O2/c17-12-7-8-14(15(18)11-12)16(20)19-9-4-10-21-13-5-2-1-3-6-13/h7-8,11,13H,1-6,9-10,18H2,(H,19,20). The molecule has 0 unspecified atom stereocenters. The van der Waals surface area contributed by atoms with Gasteiger partial charge in [-0.15, -0.1) is 0 Å². The summed E-state index contributed by atoms with van der Waals surface area (Å²) < 4.78 is 6.70. The topological polar surface area (TPSA) is 64.4 Å². The second kappa shape index (κ2) is 8.39. The molecule has 1 aromatic rings. The van der Waals surface area contributed by atoms with E-state index in [-0.39, 0.29) is 5.91 Å². The lowest BCUT2D eigenvalue weighted by Gasteiger charge is -2.21. The highest BCUT2D eigenvalue weighted by Gasteiger charge is 2.13. The van der Waals surface area contributed by atoms with Gasteiger partial charge in [0.25, 0.3) is 5.91 Å². The Hall–Kier alpha value is -1.07. The fraction of sp³-hybridized carbons (Fsp3) is 0.562. The summed E-state index contributed by atoms with van der Waals surface area (Å²) in [6.45, 7) is 1.32. The van der Waals surface area contributed by atoms with Gasteiger partial charge in [0.15, 0.2) is 0 Å². The second-order valence-corrected chi connectivity index (χ2v) is 6.39. The quantitative estimate of drug-likeness (QED) is 0.606. The van der Waals surface area contributed by atoms with E-state index >= 15 is 0 Å². The van der Waals surface area contributed by atoms with Gasteiger partial charge in [0.2, 0.25) is 0 Å². The van der Waals surface area contributed by atoms with Crippen LogP contribution in [-0.4, -0.2) is 25.2 Å². The summed E-state index contributed by atoms with van der Waals surface area (Å²) in [5, 5.41) is 2.88. The van der Waals surface area contributed by atoms with E-state index in [9.17, 15) is 4.79 Å². The van der Waals surface area contributed by atoms with Crippen molar-refractivity contribution in [1.29, 1.82) is 0 Å². The average molecular weight is 355 g/mol. The predicted molar refractivity (Wildman–Crippen MR) is 88.3 cm³/mol. The zero-order valence-electron chi connectivity index (χ0n) is 12.2. The number of amides is 1. The van der Waals surface area contributed by atoms with E-state index in [1.165, 1.54) is 32.1 Å². The minimum absolute atomic E-state index is 0.127. The first kappa shape index (κ1) is 16.3. The number of anilines is 1. The number of carbonyl (C=O) groups excluding carboxylic acids is 1. The molecular formula is C16H23BrN2O2. The molecule has 21 heavy (non-hydrogen) atoms. The fourth-order valence-corrected chi connectivity index (χ4v) is 2.97. The lowest BCUT2D eigenvalue weighted by atomic mass is 9.98. The van der Waals surface area contributed by atoms with Gasteiger partial charge in [-0.1, -0.05) is 35.2 Å². The van der Waals surface area contributed by atoms with E-state index in [1.54, 1.807) is 12.1 Å². The average Bonchev–Trinajstić information content (AvgIpc) is 2.47. The van der Waals surface area contributed by atoms with Crippen LogP contribution >= 0.6 is 15.9 Å². The minimum atomic E-state index is -0.127. The van der Waals surface area contributed by atoms with E-state index in [4.69, 9.17) is 10.5 Å². The Bertz CT molecular complexity index is 473. The van der Waals surface area contributed by atoms with Gasteiger partial charge >= 0.3 is 0 Å². The molecule has 0 heterocycles. The SMILES string of the molecule is Nc1cc(Br)ccc1C(=O)NCCCOC1CCCCC1. The van der Waals surface area contributed by atoms with Crippen LogP contribution in [0.25, 0.3) is 0 Å². The Labute approximate surface area is 134 Å². The molecule has 1 aromatic carbocycles. The molecule has 4 nitrogen and oxygen atoms in total. The summed E-state index contributed by atoms with van der Waals surface area (Å²) >= 11 is 3.33. The molecule has 0 aliphatic heterocycles. The number of hydrogen-bond donors (Lipinski definition) is 2. The zero-order chi connectivity index (χ0) is 15.1. The molecule has 1 fully saturated rings.